The van der Waals surface area contributed by atoms with Gasteiger partial charge in [-0.25, -0.2) is 0 Å². The van der Waals surface area contributed by atoms with Crippen molar-refractivity contribution in [1.29, 1.82) is 0 Å². The van der Waals surface area contributed by atoms with E-state index in [2.05, 4.69) is 5.32 Å². The van der Waals surface area contributed by atoms with E-state index in [1.807, 2.05) is 31.2 Å². The predicted molar refractivity (Wildman–Crippen MR) is 106 cm³/mol. The van der Waals surface area contributed by atoms with Gasteiger partial charge in [0, 0.05) is 11.9 Å². The number of nitrogens with one attached hydrogen (secondary N) is 1. The summed E-state index contributed by atoms with van der Waals surface area (Å²) in [7, 11) is 1.60. The van der Waals surface area contributed by atoms with E-state index in [1.165, 1.54) is 16.7 Å². The fraction of sp³-hybridized carbons (Fsp3) is 0.263. The van der Waals surface area contributed by atoms with Gasteiger partial charge in [0.2, 0.25) is 11.8 Å². The van der Waals surface area contributed by atoms with Crippen molar-refractivity contribution in [2.24, 2.45) is 0 Å². The van der Waals surface area contributed by atoms with Crippen LogP contribution in [0.1, 0.15) is 6.92 Å². The molecule has 0 fully saturated rings. The normalized spacial score (nSPS) is 10.3. The van der Waals surface area contributed by atoms with Gasteiger partial charge in [-0.1, -0.05) is 23.7 Å². The van der Waals surface area contributed by atoms with E-state index in [-0.39, 0.29) is 24.1 Å². The van der Waals surface area contributed by atoms with Crippen molar-refractivity contribution in [3.05, 3.63) is 53.6 Å². The van der Waals surface area contributed by atoms with Gasteiger partial charge in [0.05, 0.1) is 29.6 Å². The minimum atomic E-state index is -0.292. The number of carbonyl (C=O) groups excluding carboxylic acids is 2. The number of ether oxygens (including phenoxy) is 1. The van der Waals surface area contributed by atoms with Gasteiger partial charge >= 0.3 is 0 Å². The van der Waals surface area contributed by atoms with Gasteiger partial charge in [-0.15, -0.1) is 11.8 Å². The molecule has 0 saturated heterocycles. The van der Waals surface area contributed by atoms with Crippen molar-refractivity contribution in [2.45, 2.75) is 11.8 Å². The maximum Gasteiger partial charge on any atom is 0.244 e. The van der Waals surface area contributed by atoms with E-state index in [4.69, 9.17) is 16.3 Å². The summed E-state index contributed by atoms with van der Waals surface area (Å²) in [5.74, 6) is 0.638. The lowest BCUT2D eigenvalue weighted by molar-refractivity contribution is -0.131. The molecule has 0 spiro atoms. The Bertz CT molecular complexity index is 753. The zero-order valence-electron chi connectivity index (χ0n) is 14.7. The van der Waals surface area contributed by atoms with E-state index >= 15 is 0 Å². The second-order valence-corrected chi connectivity index (χ2v) is 6.93. The first kappa shape index (κ1) is 20.1. The summed E-state index contributed by atoms with van der Waals surface area (Å²) in [4.78, 5) is 26.6. The summed E-state index contributed by atoms with van der Waals surface area (Å²) in [6.07, 6.45) is 0. The molecule has 1 N–H and O–H groups in total. The van der Waals surface area contributed by atoms with Gasteiger partial charge in [0.15, 0.2) is 0 Å². The van der Waals surface area contributed by atoms with Gasteiger partial charge in [-0.05, 0) is 43.3 Å². The van der Waals surface area contributed by atoms with Crippen LogP contribution in [0, 0.1) is 0 Å². The summed E-state index contributed by atoms with van der Waals surface area (Å²) >= 11 is 7.43. The Morgan fingerprint density at radius 1 is 1.15 bits per heavy atom. The number of anilines is 1. The van der Waals surface area contributed by atoms with Crippen LogP contribution in [0.2, 0.25) is 5.02 Å². The lowest BCUT2D eigenvalue weighted by Crippen LogP contribution is -2.36. The molecule has 0 bridgehead atoms. The fourth-order valence-electron chi connectivity index (χ4n) is 2.11. The highest BCUT2D eigenvalue weighted by atomic mass is 35.5. The lowest BCUT2D eigenvalue weighted by Gasteiger charge is -2.17. The van der Waals surface area contributed by atoms with Crippen LogP contribution in [0.25, 0.3) is 0 Å². The van der Waals surface area contributed by atoms with E-state index in [0.29, 0.717) is 17.3 Å². The Morgan fingerprint density at radius 3 is 2.50 bits per heavy atom. The highest BCUT2D eigenvalue weighted by molar-refractivity contribution is 8.00. The van der Waals surface area contributed by atoms with Gasteiger partial charge < -0.3 is 15.0 Å². The molecular formula is C19H21ClN2O3S. The molecule has 0 unspecified atom stereocenters. The van der Waals surface area contributed by atoms with Crippen molar-refractivity contribution in [2.75, 3.05) is 31.3 Å². The summed E-state index contributed by atoms with van der Waals surface area (Å²) in [5, 5.41) is 3.16. The number of amides is 2. The third kappa shape index (κ3) is 6.28. The first-order chi connectivity index (χ1) is 12.5. The highest BCUT2D eigenvalue weighted by Crippen LogP contribution is 2.22. The average Bonchev–Trinajstić information content (AvgIpc) is 2.63. The van der Waals surface area contributed by atoms with Crippen molar-refractivity contribution in [1.82, 2.24) is 4.90 Å². The molecule has 0 aromatic heterocycles. The highest BCUT2D eigenvalue weighted by Gasteiger charge is 2.14. The van der Waals surface area contributed by atoms with Crippen LogP contribution < -0.4 is 10.1 Å². The molecule has 0 saturated carbocycles. The molecular weight excluding hydrogens is 372 g/mol. The number of nitrogens with zero attached hydrogens (tertiary/aromatic N) is 1. The minimum absolute atomic E-state index is 0.0338. The number of halogens is 1. The van der Waals surface area contributed by atoms with E-state index in [9.17, 15) is 9.59 Å². The van der Waals surface area contributed by atoms with Crippen LogP contribution in [0.4, 0.5) is 5.69 Å². The van der Waals surface area contributed by atoms with Crippen LogP contribution >= 0.6 is 23.4 Å². The molecule has 0 radical (unpaired) electrons. The molecule has 5 nitrogen and oxygen atoms in total. The number of para-hydroxylation sites is 1. The average molecular weight is 393 g/mol. The smallest absolute Gasteiger partial charge is 0.244 e. The summed E-state index contributed by atoms with van der Waals surface area (Å²) in [6.45, 7) is 2.51. The third-order valence-corrected chi connectivity index (χ3v) is 4.78. The number of carbonyl (C=O) groups is 2. The Kier molecular flexibility index (Phi) is 7.81. The monoisotopic (exact) mass is 392 g/mol. The Labute approximate surface area is 162 Å². The quantitative estimate of drug-likeness (QED) is 0.691. The molecule has 2 aromatic rings. The van der Waals surface area contributed by atoms with Crippen LogP contribution in [0.15, 0.2) is 53.4 Å². The molecule has 7 heteroatoms. The van der Waals surface area contributed by atoms with Crippen LogP contribution in [0.5, 0.6) is 5.75 Å². The fourth-order valence-corrected chi connectivity index (χ4v) is 3.13. The number of benzene rings is 2. The molecule has 0 aliphatic carbocycles. The van der Waals surface area contributed by atoms with E-state index < -0.39 is 0 Å². The van der Waals surface area contributed by atoms with Crippen LogP contribution in [-0.4, -0.2) is 42.7 Å². The molecule has 2 rings (SSSR count). The van der Waals surface area contributed by atoms with Crippen LogP contribution in [0.3, 0.4) is 0 Å². The minimum Gasteiger partial charge on any atom is -0.494 e. The number of likely N-dealkylation sites (N-methyl/N-ethyl adjacent to an activating group) is 1. The Hall–Kier alpha value is -2.18. The molecule has 2 aromatic carbocycles. The van der Waals surface area contributed by atoms with Crippen molar-refractivity contribution in [3.63, 3.8) is 0 Å². The number of rotatable bonds is 8. The maximum atomic E-state index is 12.2. The zero-order valence-corrected chi connectivity index (χ0v) is 16.3. The second kappa shape index (κ2) is 10.1. The number of hydrogen-bond donors (Lipinski definition) is 1. The first-order valence-electron chi connectivity index (χ1n) is 8.13. The summed E-state index contributed by atoms with van der Waals surface area (Å²) in [5.41, 5.74) is 0.531. The van der Waals surface area contributed by atoms with Crippen molar-refractivity contribution < 1.29 is 14.3 Å². The molecule has 0 aliphatic rings. The Balaban J connectivity index is 1.79. The summed E-state index contributed by atoms with van der Waals surface area (Å²) < 4.78 is 5.39. The molecule has 0 atom stereocenters. The largest absolute Gasteiger partial charge is 0.494 e. The molecule has 138 valence electrons. The first-order valence-corrected chi connectivity index (χ1v) is 9.50. The predicted octanol–water partition coefficient (Wildman–Crippen LogP) is 3.93. The second-order valence-electron chi connectivity index (χ2n) is 5.47. The third-order valence-electron chi connectivity index (χ3n) is 3.45. The Morgan fingerprint density at radius 2 is 1.85 bits per heavy atom. The molecule has 0 heterocycles. The standard InChI is InChI=1S/C19H21ClN2O3S/c1-3-25-14-8-10-15(11-9-14)26-13-19(24)22(2)12-18(23)21-17-7-5-4-6-16(17)20/h4-11H,3,12-13H2,1-2H3,(H,21,23). The van der Waals surface area contributed by atoms with E-state index in [0.717, 1.165) is 10.6 Å². The van der Waals surface area contributed by atoms with Crippen LogP contribution in [-0.2, 0) is 9.59 Å². The topological polar surface area (TPSA) is 58.6 Å². The van der Waals surface area contributed by atoms with Gasteiger partial charge in [-0.2, -0.15) is 0 Å². The molecule has 26 heavy (non-hydrogen) atoms. The molecule has 2 amide bonds. The van der Waals surface area contributed by atoms with Gasteiger partial charge in [-0.3, -0.25) is 9.59 Å². The number of hydrogen-bond acceptors (Lipinski definition) is 4. The van der Waals surface area contributed by atoms with E-state index in [1.54, 1.807) is 31.3 Å². The van der Waals surface area contributed by atoms with Gasteiger partial charge in [0.25, 0.3) is 0 Å². The van der Waals surface area contributed by atoms with Crippen molar-refractivity contribution >= 4 is 40.9 Å². The molecule has 0 aliphatic heterocycles. The van der Waals surface area contributed by atoms with Gasteiger partial charge in [0.1, 0.15) is 5.75 Å². The summed E-state index contributed by atoms with van der Waals surface area (Å²) in [6, 6.07) is 14.5. The number of thioether (sulfide) groups is 1. The zero-order chi connectivity index (χ0) is 18.9. The SMILES string of the molecule is CCOc1ccc(SCC(=O)N(C)CC(=O)Nc2ccccc2Cl)cc1. The maximum absolute atomic E-state index is 12.2. The van der Waals surface area contributed by atoms with Crippen molar-refractivity contribution in [3.8, 4) is 5.75 Å². The lowest BCUT2D eigenvalue weighted by atomic mass is 10.3.